The minimum atomic E-state index is -0.442. The molecule has 0 aromatic carbocycles. The normalized spacial score (nSPS) is 30.6. The van der Waals surface area contributed by atoms with Crippen LogP contribution in [0.15, 0.2) is 12.2 Å². The summed E-state index contributed by atoms with van der Waals surface area (Å²) in [5, 5.41) is 17.9. The maximum absolute atomic E-state index is 8.93. The Hall–Kier alpha value is -1.28. The predicted octanol–water partition coefficient (Wildman–Crippen LogP) is 3.28. The summed E-state index contributed by atoms with van der Waals surface area (Å²) in [5.74, 6) is 0.790. The Kier molecular flexibility index (Phi) is 3.92. The molecule has 15 heavy (non-hydrogen) atoms. The van der Waals surface area contributed by atoms with Gasteiger partial charge < -0.3 is 0 Å². The second kappa shape index (κ2) is 4.99. The Labute approximate surface area is 92.2 Å². The average Bonchev–Trinajstić information content (AvgIpc) is 2.22. The van der Waals surface area contributed by atoms with Crippen LogP contribution in [-0.4, -0.2) is 0 Å². The van der Waals surface area contributed by atoms with E-state index in [1.807, 2.05) is 6.92 Å². The zero-order valence-electron chi connectivity index (χ0n) is 9.53. The highest BCUT2D eigenvalue weighted by Gasteiger charge is 2.33. The highest BCUT2D eigenvalue weighted by Crippen LogP contribution is 2.40. The summed E-state index contributed by atoms with van der Waals surface area (Å²) in [4.78, 5) is 0. The van der Waals surface area contributed by atoms with Crippen molar-refractivity contribution in [3.05, 3.63) is 12.2 Å². The number of hydrogen-bond acceptors (Lipinski definition) is 2. The van der Waals surface area contributed by atoms with E-state index in [1.165, 1.54) is 5.57 Å². The Balaban J connectivity index is 2.75. The molecule has 0 N–H and O–H groups in total. The molecule has 0 spiro atoms. The standard InChI is InChI=1S/C13H18N2/c1-9(2)11-5-4-10(3)13(6-11)12(7-14)8-15/h10-13H,1,4-6H2,2-3H3/t10?,11-,13?/m0/s1. The van der Waals surface area contributed by atoms with Crippen LogP contribution in [-0.2, 0) is 0 Å². The van der Waals surface area contributed by atoms with Crippen molar-refractivity contribution in [2.24, 2.45) is 23.7 Å². The molecule has 0 heterocycles. The zero-order valence-corrected chi connectivity index (χ0v) is 9.53. The molecular formula is C13H18N2. The summed E-state index contributed by atoms with van der Waals surface area (Å²) in [6, 6.07) is 4.24. The summed E-state index contributed by atoms with van der Waals surface area (Å²) >= 11 is 0. The van der Waals surface area contributed by atoms with Crippen molar-refractivity contribution in [3.8, 4) is 12.1 Å². The third-order valence-corrected chi connectivity index (χ3v) is 3.66. The van der Waals surface area contributed by atoms with Crippen LogP contribution in [0.4, 0.5) is 0 Å². The molecule has 0 aliphatic heterocycles. The van der Waals surface area contributed by atoms with Crippen LogP contribution < -0.4 is 0 Å². The zero-order chi connectivity index (χ0) is 11.4. The van der Waals surface area contributed by atoms with Crippen LogP contribution in [0.2, 0.25) is 0 Å². The number of allylic oxidation sites excluding steroid dienone is 1. The number of hydrogen-bond donors (Lipinski definition) is 0. The van der Waals surface area contributed by atoms with Gasteiger partial charge >= 0.3 is 0 Å². The van der Waals surface area contributed by atoms with E-state index in [2.05, 4.69) is 25.6 Å². The lowest BCUT2D eigenvalue weighted by Crippen LogP contribution is -2.28. The molecule has 2 heteroatoms. The van der Waals surface area contributed by atoms with E-state index >= 15 is 0 Å². The fourth-order valence-corrected chi connectivity index (χ4v) is 2.49. The molecule has 0 aromatic heterocycles. The van der Waals surface area contributed by atoms with Crippen molar-refractivity contribution in [2.45, 2.75) is 33.1 Å². The van der Waals surface area contributed by atoms with Gasteiger partial charge in [-0.2, -0.15) is 10.5 Å². The first-order chi connectivity index (χ1) is 7.10. The van der Waals surface area contributed by atoms with E-state index in [0.29, 0.717) is 11.8 Å². The summed E-state index contributed by atoms with van der Waals surface area (Å²) in [7, 11) is 0. The molecule has 1 aliphatic rings. The molecule has 0 aromatic rings. The van der Waals surface area contributed by atoms with E-state index < -0.39 is 5.92 Å². The van der Waals surface area contributed by atoms with Crippen LogP contribution in [0.5, 0.6) is 0 Å². The van der Waals surface area contributed by atoms with Crippen molar-refractivity contribution in [2.75, 3.05) is 0 Å². The lowest BCUT2D eigenvalue weighted by molar-refractivity contribution is 0.191. The lowest BCUT2D eigenvalue weighted by atomic mass is 9.68. The maximum atomic E-state index is 8.93. The van der Waals surface area contributed by atoms with Gasteiger partial charge in [-0.05, 0) is 43.9 Å². The Bertz CT molecular complexity index is 304. The first-order valence-electron chi connectivity index (χ1n) is 5.54. The molecule has 80 valence electrons. The molecule has 1 saturated carbocycles. The molecule has 1 rings (SSSR count). The number of rotatable bonds is 2. The second-order valence-corrected chi connectivity index (χ2v) is 4.73. The van der Waals surface area contributed by atoms with E-state index in [1.54, 1.807) is 0 Å². The molecule has 0 bridgehead atoms. The van der Waals surface area contributed by atoms with Gasteiger partial charge in [0.2, 0.25) is 0 Å². The molecule has 1 aliphatic carbocycles. The third kappa shape index (κ3) is 2.60. The smallest absolute Gasteiger partial charge is 0.136 e. The largest absolute Gasteiger partial charge is 0.197 e. The van der Waals surface area contributed by atoms with Crippen molar-refractivity contribution < 1.29 is 0 Å². The highest BCUT2D eigenvalue weighted by molar-refractivity contribution is 5.08. The third-order valence-electron chi connectivity index (χ3n) is 3.66. The van der Waals surface area contributed by atoms with Gasteiger partial charge in [0.1, 0.15) is 5.92 Å². The van der Waals surface area contributed by atoms with E-state index in [4.69, 9.17) is 10.5 Å². The molecule has 0 saturated heterocycles. The molecule has 2 unspecified atom stereocenters. The first kappa shape index (κ1) is 11.8. The molecule has 3 atom stereocenters. The van der Waals surface area contributed by atoms with Crippen LogP contribution >= 0.6 is 0 Å². The quantitative estimate of drug-likeness (QED) is 0.645. The van der Waals surface area contributed by atoms with Gasteiger partial charge in [0.25, 0.3) is 0 Å². The molecule has 0 amide bonds. The van der Waals surface area contributed by atoms with Crippen LogP contribution in [0.25, 0.3) is 0 Å². The molecular weight excluding hydrogens is 184 g/mol. The molecule has 1 fully saturated rings. The Morgan fingerprint density at radius 2 is 1.93 bits per heavy atom. The van der Waals surface area contributed by atoms with Crippen molar-refractivity contribution in [1.29, 1.82) is 10.5 Å². The topological polar surface area (TPSA) is 47.6 Å². The van der Waals surface area contributed by atoms with Crippen LogP contribution in [0, 0.1) is 46.3 Å². The Morgan fingerprint density at radius 1 is 1.33 bits per heavy atom. The molecule has 0 radical (unpaired) electrons. The van der Waals surface area contributed by atoms with Crippen molar-refractivity contribution in [1.82, 2.24) is 0 Å². The van der Waals surface area contributed by atoms with Crippen LogP contribution in [0.1, 0.15) is 33.1 Å². The SMILES string of the molecule is C=C(C)[C@H]1CCC(C)C(C(C#N)C#N)C1. The van der Waals surface area contributed by atoms with Gasteiger partial charge in [-0.15, -0.1) is 0 Å². The lowest BCUT2D eigenvalue weighted by Gasteiger charge is -2.35. The van der Waals surface area contributed by atoms with E-state index in [-0.39, 0.29) is 5.92 Å². The van der Waals surface area contributed by atoms with E-state index in [9.17, 15) is 0 Å². The van der Waals surface area contributed by atoms with Gasteiger partial charge in [-0.3, -0.25) is 0 Å². The summed E-state index contributed by atoms with van der Waals surface area (Å²) in [5.41, 5.74) is 1.20. The van der Waals surface area contributed by atoms with Gasteiger partial charge in [0, 0.05) is 0 Å². The maximum Gasteiger partial charge on any atom is 0.136 e. The summed E-state index contributed by atoms with van der Waals surface area (Å²) < 4.78 is 0. The van der Waals surface area contributed by atoms with Crippen molar-refractivity contribution >= 4 is 0 Å². The second-order valence-electron chi connectivity index (χ2n) is 4.73. The predicted molar refractivity (Wildman–Crippen MR) is 59.5 cm³/mol. The fraction of sp³-hybridized carbons (Fsp3) is 0.692. The minimum absolute atomic E-state index is 0.232. The number of nitrogens with zero attached hydrogens (tertiary/aromatic N) is 2. The summed E-state index contributed by atoms with van der Waals surface area (Å²) in [6.07, 6.45) is 3.24. The average molecular weight is 202 g/mol. The number of nitriles is 2. The van der Waals surface area contributed by atoms with Crippen molar-refractivity contribution in [3.63, 3.8) is 0 Å². The van der Waals surface area contributed by atoms with Gasteiger partial charge in [0.15, 0.2) is 0 Å². The van der Waals surface area contributed by atoms with E-state index in [0.717, 1.165) is 19.3 Å². The first-order valence-corrected chi connectivity index (χ1v) is 5.54. The van der Waals surface area contributed by atoms with Gasteiger partial charge in [-0.1, -0.05) is 19.1 Å². The summed E-state index contributed by atoms with van der Waals surface area (Å²) in [6.45, 7) is 8.18. The van der Waals surface area contributed by atoms with Gasteiger partial charge in [-0.25, -0.2) is 0 Å². The molecule has 2 nitrogen and oxygen atoms in total. The van der Waals surface area contributed by atoms with Gasteiger partial charge in [0.05, 0.1) is 12.1 Å². The Morgan fingerprint density at radius 3 is 2.40 bits per heavy atom. The highest BCUT2D eigenvalue weighted by atomic mass is 14.4. The fourth-order valence-electron chi connectivity index (χ4n) is 2.49. The minimum Gasteiger partial charge on any atom is -0.197 e. The van der Waals surface area contributed by atoms with Crippen LogP contribution in [0.3, 0.4) is 0 Å². The monoisotopic (exact) mass is 202 g/mol.